The van der Waals surface area contributed by atoms with Crippen LogP contribution in [0.1, 0.15) is 214 Å². The van der Waals surface area contributed by atoms with Gasteiger partial charge < -0.3 is 14.2 Å². The third kappa shape index (κ3) is 33.8. The number of rotatable bonds is 35. The van der Waals surface area contributed by atoms with Crippen LogP contribution in [0.2, 0.25) is 0 Å². The number of carbonyl (C=O) groups is 3. The van der Waals surface area contributed by atoms with Crippen molar-refractivity contribution in [2.75, 3.05) is 13.2 Å². The number of hydrogen-bond acceptors (Lipinski definition) is 6. The number of esters is 3. The molecule has 0 N–H and O–H groups in total. The van der Waals surface area contributed by atoms with E-state index in [0.29, 0.717) is 19.3 Å². The maximum Gasteiger partial charge on any atom is 0.306 e. The van der Waals surface area contributed by atoms with Crippen LogP contribution >= 0.6 is 0 Å². The van der Waals surface area contributed by atoms with E-state index in [1.54, 1.807) is 0 Å². The SMILES string of the molecule is CCCCCCCCCCCCCC(=O)OC[C@H](COC(=O)CCCCCCCCCC(C)C)OC(=O)CCCCCCCCC. The lowest BCUT2D eigenvalue weighted by Crippen LogP contribution is -2.30. The maximum absolute atomic E-state index is 12.5. The van der Waals surface area contributed by atoms with Gasteiger partial charge in [0.05, 0.1) is 0 Å². The minimum absolute atomic E-state index is 0.0658. The van der Waals surface area contributed by atoms with Crippen LogP contribution in [-0.2, 0) is 28.6 Å². The monoisotopic (exact) mass is 653 g/mol. The Bertz CT molecular complexity index is 691. The average molecular weight is 653 g/mol. The second kappa shape index (κ2) is 34.7. The van der Waals surface area contributed by atoms with Crippen molar-refractivity contribution in [2.24, 2.45) is 5.92 Å². The van der Waals surface area contributed by atoms with E-state index < -0.39 is 6.10 Å². The summed E-state index contributed by atoms with van der Waals surface area (Å²) in [6, 6.07) is 0. The molecule has 0 aromatic carbocycles. The molecule has 0 bridgehead atoms. The molecular formula is C40H76O6. The Morgan fingerprint density at radius 3 is 1.07 bits per heavy atom. The van der Waals surface area contributed by atoms with Crippen molar-refractivity contribution in [3.63, 3.8) is 0 Å². The van der Waals surface area contributed by atoms with E-state index >= 15 is 0 Å². The Kier molecular flexibility index (Phi) is 33.5. The Morgan fingerprint density at radius 1 is 0.413 bits per heavy atom. The predicted molar refractivity (Wildman–Crippen MR) is 192 cm³/mol. The van der Waals surface area contributed by atoms with Crippen LogP contribution in [0.5, 0.6) is 0 Å². The summed E-state index contributed by atoms with van der Waals surface area (Å²) in [5.41, 5.74) is 0. The summed E-state index contributed by atoms with van der Waals surface area (Å²) in [6.07, 6.45) is 31.0. The van der Waals surface area contributed by atoms with Gasteiger partial charge in [0.2, 0.25) is 0 Å². The second-order valence-corrected chi connectivity index (χ2v) is 14.0. The van der Waals surface area contributed by atoms with Gasteiger partial charge in [0.25, 0.3) is 0 Å². The molecule has 0 saturated heterocycles. The molecule has 0 amide bonds. The topological polar surface area (TPSA) is 78.9 Å². The van der Waals surface area contributed by atoms with E-state index in [1.807, 2.05) is 0 Å². The Labute approximate surface area is 285 Å². The van der Waals surface area contributed by atoms with Gasteiger partial charge in [-0.3, -0.25) is 14.4 Å². The van der Waals surface area contributed by atoms with Gasteiger partial charge in [-0.25, -0.2) is 0 Å². The van der Waals surface area contributed by atoms with Crippen LogP contribution in [-0.4, -0.2) is 37.2 Å². The maximum atomic E-state index is 12.5. The molecule has 0 aromatic rings. The van der Waals surface area contributed by atoms with Gasteiger partial charge in [-0.2, -0.15) is 0 Å². The minimum Gasteiger partial charge on any atom is -0.462 e. The van der Waals surface area contributed by atoms with Gasteiger partial charge in [0.1, 0.15) is 13.2 Å². The lowest BCUT2D eigenvalue weighted by Gasteiger charge is -2.18. The quantitative estimate of drug-likeness (QED) is 0.0385. The van der Waals surface area contributed by atoms with Crippen molar-refractivity contribution in [2.45, 2.75) is 220 Å². The fourth-order valence-electron chi connectivity index (χ4n) is 5.74. The van der Waals surface area contributed by atoms with Gasteiger partial charge >= 0.3 is 17.9 Å². The molecule has 0 aliphatic rings. The van der Waals surface area contributed by atoms with Gasteiger partial charge in [-0.05, 0) is 25.2 Å². The molecule has 0 aliphatic carbocycles. The number of ether oxygens (including phenoxy) is 3. The molecular weight excluding hydrogens is 576 g/mol. The zero-order valence-electron chi connectivity index (χ0n) is 31.0. The molecule has 0 heterocycles. The first-order chi connectivity index (χ1) is 22.4. The third-order valence-corrected chi connectivity index (χ3v) is 8.79. The van der Waals surface area contributed by atoms with E-state index in [1.165, 1.54) is 109 Å². The summed E-state index contributed by atoms with van der Waals surface area (Å²) in [5.74, 6) is -0.0909. The second-order valence-electron chi connectivity index (χ2n) is 14.0. The van der Waals surface area contributed by atoms with Crippen LogP contribution in [0.3, 0.4) is 0 Å². The Morgan fingerprint density at radius 2 is 0.717 bits per heavy atom. The van der Waals surface area contributed by atoms with Crippen LogP contribution in [0, 0.1) is 5.92 Å². The molecule has 6 nitrogen and oxygen atoms in total. The number of carbonyl (C=O) groups excluding carboxylic acids is 3. The molecule has 0 rings (SSSR count). The minimum atomic E-state index is -0.756. The molecule has 6 heteroatoms. The van der Waals surface area contributed by atoms with Crippen molar-refractivity contribution in [3.05, 3.63) is 0 Å². The van der Waals surface area contributed by atoms with Crippen molar-refractivity contribution in [1.82, 2.24) is 0 Å². The normalized spacial score (nSPS) is 11.9. The van der Waals surface area contributed by atoms with E-state index in [2.05, 4.69) is 27.7 Å². The fourth-order valence-corrected chi connectivity index (χ4v) is 5.74. The van der Waals surface area contributed by atoms with Crippen molar-refractivity contribution in [3.8, 4) is 0 Å². The lowest BCUT2D eigenvalue weighted by molar-refractivity contribution is -0.167. The average Bonchev–Trinajstić information content (AvgIpc) is 3.03. The third-order valence-electron chi connectivity index (χ3n) is 8.79. The summed E-state index contributed by atoms with van der Waals surface area (Å²) >= 11 is 0. The van der Waals surface area contributed by atoms with Gasteiger partial charge in [0, 0.05) is 19.3 Å². The number of hydrogen-bond donors (Lipinski definition) is 0. The van der Waals surface area contributed by atoms with Gasteiger partial charge in [-0.1, -0.05) is 175 Å². The zero-order chi connectivity index (χ0) is 33.9. The Balaban J connectivity index is 4.30. The molecule has 0 spiro atoms. The lowest BCUT2D eigenvalue weighted by atomic mass is 10.0. The molecule has 0 aliphatic heterocycles. The predicted octanol–water partition coefficient (Wildman–Crippen LogP) is 12.0. The van der Waals surface area contributed by atoms with E-state index in [0.717, 1.165) is 63.7 Å². The molecule has 0 saturated carbocycles. The van der Waals surface area contributed by atoms with Crippen LogP contribution in [0.15, 0.2) is 0 Å². The van der Waals surface area contributed by atoms with Crippen molar-refractivity contribution >= 4 is 17.9 Å². The highest BCUT2D eigenvalue weighted by atomic mass is 16.6. The molecule has 1 atom stereocenters. The van der Waals surface area contributed by atoms with E-state index in [-0.39, 0.29) is 31.1 Å². The summed E-state index contributed by atoms with van der Waals surface area (Å²) < 4.78 is 16.6. The molecule has 0 radical (unpaired) electrons. The highest BCUT2D eigenvalue weighted by molar-refractivity contribution is 5.71. The Hall–Kier alpha value is -1.59. The van der Waals surface area contributed by atoms with Crippen LogP contribution in [0.25, 0.3) is 0 Å². The summed E-state index contributed by atoms with van der Waals surface area (Å²) in [7, 11) is 0. The molecule has 0 unspecified atom stereocenters. The van der Waals surface area contributed by atoms with Crippen LogP contribution < -0.4 is 0 Å². The van der Waals surface area contributed by atoms with Crippen molar-refractivity contribution in [1.29, 1.82) is 0 Å². The summed E-state index contributed by atoms with van der Waals surface area (Å²) in [5, 5.41) is 0. The van der Waals surface area contributed by atoms with Gasteiger partial charge in [0.15, 0.2) is 6.10 Å². The standard InChI is InChI=1S/C40H76O6/c1-5-7-9-11-13-14-15-16-20-23-27-31-38(41)44-34-37(46-40(43)33-29-25-18-12-10-8-6-2)35-45-39(42)32-28-24-21-17-19-22-26-30-36(3)4/h36-37H,5-35H2,1-4H3/t37-/m1/s1. The van der Waals surface area contributed by atoms with Crippen LogP contribution in [0.4, 0.5) is 0 Å². The number of unbranched alkanes of at least 4 members (excludes halogenated alkanes) is 22. The molecule has 0 fully saturated rings. The highest BCUT2D eigenvalue weighted by Crippen LogP contribution is 2.15. The summed E-state index contributed by atoms with van der Waals surface area (Å²) in [6.45, 7) is 8.87. The smallest absolute Gasteiger partial charge is 0.306 e. The first kappa shape index (κ1) is 44.4. The van der Waals surface area contributed by atoms with Gasteiger partial charge in [-0.15, -0.1) is 0 Å². The first-order valence-electron chi connectivity index (χ1n) is 19.9. The fraction of sp³-hybridized carbons (Fsp3) is 0.925. The molecule has 46 heavy (non-hydrogen) atoms. The molecule has 0 aromatic heterocycles. The van der Waals surface area contributed by atoms with E-state index in [4.69, 9.17) is 14.2 Å². The van der Waals surface area contributed by atoms with Crippen molar-refractivity contribution < 1.29 is 28.6 Å². The largest absolute Gasteiger partial charge is 0.462 e. The summed E-state index contributed by atoms with van der Waals surface area (Å²) in [4.78, 5) is 37.3. The van der Waals surface area contributed by atoms with E-state index in [9.17, 15) is 14.4 Å². The zero-order valence-corrected chi connectivity index (χ0v) is 31.0. The highest BCUT2D eigenvalue weighted by Gasteiger charge is 2.19. The molecule has 272 valence electrons. The first-order valence-corrected chi connectivity index (χ1v) is 19.9.